The summed E-state index contributed by atoms with van der Waals surface area (Å²) in [6.07, 6.45) is 0. The van der Waals surface area contributed by atoms with E-state index in [1.165, 1.54) is 0 Å². The Bertz CT molecular complexity index is 159. The molecule has 0 saturated carbocycles. The van der Waals surface area contributed by atoms with Crippen molar-refractivity contribution in [1.29, 1.82) is 0 Å². The summed E-state index contributed by atoms with van der Waals surface area (Å²) in [4.78, 5) is 0. The van der Waals surface area contributed by atoms with Crippen molar-refractivity contribution >= 4 is 59.5 Å². The zero-order chi connectivity index (χ0) is 8.08. The van der Waals surface area contributed by atoms with Gasteiger partial charge in [0.25, 0.3) is 11.4 Å². The van der Waals surface area contributed by atoms with Crippen LogP contribution in [0.2, 0.25) is 0 Å². The summed E-state index contributed by atoms with van der Waals surface area (Å²) < 4.78 is 56.9. The maximum absolute atomic E-state index is 8.67. The van der Waals surface area contributed by atoms with Crippen LogP contribution in [0.25, 0.3) is 0 Å². The van der Waals surface area contributed by atoms with Crippen molar-refractivity contribution in [3.8, 4) is 0 Å². The normalized spacial score (nSPS) is 8.45. The van der Waals surface area contributed by atoms with Gasteiger partial charge in [0.1, 0.15) is 0 Å². The molecule has 0 radical (unpaired) electrons. The number of rotatable bonds is 0. The first-order chi connectivity index (χ1) is 3.73. The van der Waals surface area contributed by atoms with Crippen LogP contribution < -0.4 is 6.15 Å². The van der Waals surface area contributed by atoms with E-state index in [0.717, 1.165) is 0 Å². The molecule has 0 atom stereocenters. The van der Waals surface area contributed by atoms with E-state index in [1.54, 1.807) is 0 Å². The van der Waals surface area contributed by atoms with Gasteiger partial charge in [0.15, 0.2) is 0 Å². The standard InChI is InChI=1S/Ca.H3N.H2O4S.H2O3S/c;;1-5(2,3)4;1-4(2)3/h;1H3;(H2,1,2,3,4);(H2,1,2,3)/q+2;;;/p-2. The van der Waals surface area contributed by atoms with Crippen LogP contribution in [0.3, 0.4) is 0 Å². The second-order valence-electron chi connectivity index (χ2n) is 0.639. The zero-order valence-corrected chi connectivity index (χ0v) is 9.01. The van der Waals surface area contributed by atoms with Crippen LogP contribution in [0.1, 0.15) is 0 Å². The Morgan fingerprint density at radius 2 is 1.18 bits per heavy atom. The van der Waals surface area contributed by atoms with Gasteiger partial charge in [-0.2, -0.15) is 4.21 Å². The number of hydrogen-bond donors (Lipinski definition) is 3. The Labute approximate surface area is 95.6 Å². The van der Waals surface area contributed by atoms with Crippen LogP contribution in [0.4, 0.5) is 0 Å². The van der Waals surface area contributed by atoms with Gasteiger partial charge < -0.3 is 15.3 Å². The van der Waals surface area contributed by atoms with Crippen molar-refractivity contribution in [2.45, 2.75) is 0 Å². The molecular weight excluding hydrogens is 230 g/mol. The Hall–Kier alpha value is 1.16. The molecule has 0 aromatic carbocycles. The average molecular weight is 235 g/mol. The fourth-order valence-corrected chi connectivity index (χ4v) is 0. The van der Waals surface area contributed by atoms with E-state index in [1.807, 2.05) is 0 Å². The monoisotopic (exact) mass is 235 g/mol. The molecule has 11 heavy (non-hydrogen) atoms. The van der Waals surface area contributed by atoms with Gasteiger partial charge in [0.05, 0.1) is 0 Å². The molecule has 0 amide bonds. The van der Waals surface area contributed by atoms with Gasteiger partial charge in [-0.25, -0.2) is 0 Å². The fraction of sp³-hybridized carbons (Fsp3) is 0. The summed E-state index contributed by atoms with van der Waals surface area (Å²) in [5.41, 5.74) is 0. The van der Waals surface area contributed by atoms with E-state index in [9.17, 15) is 0 Å². The average Bonchev–Trinajstić information content (AvgIpc) is 1.19. The Morgan fingerprint density at radius 3 is 1.18 bits per heavy atom. The van der Waals surface area contributed by atoms with Crippen LogP contribution in [0.15, 0.2) is 0 Å². The Morgan fingerprint density at radius 1 is 1.18 bits per heavy atom. The van der Waals surface area contributed by atoms with Crippen LogP contribution in [-0.4, -0.2) is 68.6 Å². The van der Waals surface area contributed by atoms with E-state index in [-0.39, 0.29) is 43.9 Å². The molecule has 66 valence electrons. The summed E-state index contributed by atoms with van der Waals surface area (Å²) in [6, 6.07) is 0. The van der Waals surface area contributed by atoms with Gasteiger partial charge in [-0.05, 0) is 0 Å². The summed E-state index contributed by atoms with van der Waals surface area (Å²) in [6.45, 7) is 0. The van der Waals surface area contributed by atoms with Crippen LogP contribution >= 0.6 is 0 Å². The largest absolute Gasteiger partial charge is 2.00 e. The molecule has 8 nitrogen and oxygen atoms in total. The predicted octanol–water partition coefficient (Wildman–Crippen LogP) is -1.88. The van der Waals surface area contributed by atoms with Crippen molar-refractivity contribution in [2.75, 3.05) is 0 Å². The van der Waals surface area contributed by atoms with E-state index in [4.69, 9.17) is 30.8 Å². The van der Waals surface area contributed by atoms with Crippen LogP contribution in [0, 0.1) is 0 Å². The van der Waals surface area contributed by atoms with Crippen molar-refractivity contribution in [3.05, 3.63) is 0 Å². The molecule has 0 aromatic heterocycles. The molecule has 0 aliphatic heterocycles. The Balaban J connectivity index is -0.0000000383. The maximum Gasteiger partial charge on any atom is 2.00 e. The van der Waals surface area contributed by atoms with Gasteiger partial charge >= 0.3 is 37.7 Å². The first kappa shape index (κ1) is 22.7. The molecule has 0 bridgehead atoms. The topological polar surface area (TPSA) is 173 Å². The van der Waals surface area contributed by atoms with E-state index < -0.39 is 21.8 Å². The molecule has 0 heterocycles. The molecular formula is H5CaNO7S2. The predicted molar refractivity (Wildman–Crippen MR) is 34.7 cm³/mol. The summed E-state index contributed by atoms with van der Waals surface area (Å²) in [5.74, 6) is 0. The summed E-state index contributed by atoms with van der Waals surface area (Å²) in [7, 11) is -5.17. The molecule has 0 aliphatic rings. The van der Waals surface area contributed by atoms with E-state index >= 15 is 0 Å². The van der Waals surface area contributed by atoms with Gasteiger partial charge in [-0.1, -0.05) is 0 Å². The van der Waals surface area contributed by atoms with Gasteiger partial charge in [-0.15, -0.1) is 0 Å². The molecule has 0 spiro atoms. The smallest absolute Gasteiger partial charge is 0.759 e. The molecule has 0 aliphatic carbocycles. The summed E-state index contributed by atoms with van der Waals surface area (Å²) >= 11 is -2.61. The summed E-state index contributed by atoms with van der Waals surface area (Å²) in [5, 5.41) is 0. The molecule has 0 saturated heterocycles. The molecule has 0 rings (SSSR count). The SMILES string of the molecule is N.O=S(=O)([O-])[O-].O=S(O)O.[Ca+2]. The van der Waals surface area contributed by atoms with Crippen molar-refractivity contribution in [2.24, 2.45) is 0 Å². The molecule has 11 heteroatoms. The van der Waals surface area contributed by atoms with Crippen molar-refractivity contribution < 1.29 is 30.8 Å². The molecule has 0 unspecified atom stereocenters. The van der Waals surface area contributed by atoms with Gasteiger partial charge in [0.2, 0.25) is 0 Å². The molecule has 5 N–H and O–H groups in total. The van der Waals surface area contributed by atoms with Crippen molar-refractivity contribution in [1.82, 2.24) is 6.15 Å². The van der Waals surface area contributed by atoms with Crippen molar-refractivity contribution in [3.63, 3.8) is 0 Å². The first-order valence-corrected chi connectivity index (χ1v) is 3.60. The van der Waals surface area contributed by atoms with Gasteiger partial charge in [0, 0.05) is 10.4 Å². The Kier molecular flexibility index (Phi) is 23.1. The van der Waals surface area contributed by atoms with E-state index in [0.29, 0.717) is 0 Å². The minimum Gasteiger partial charge on any atom is -0.759 e. The third-order valence-corrected chi connectivity index (χ3v) is 0. The minimum absolute atomic E-state index is 0. The third kappa shape index (κ3) is 696. The third-order valence-electron chi connectivity index (χ3n) is 0. The van der Waals surface area contributed by atoms with E-state index in [2.05, 4.69) is 0 Å². The second kappa shape index (κ2) is 11.2. The first-order valence-electron chi connectivity index (χ1n) is 1.20. The zero-order valence-electron chi connectivity index (χ0n) is 5.17. The maximum atomic E-state index is 8.67. The molecule has 0 aromatic rings. The van der Waals surface area contributed by atoms with Crippen LogP contribution in [0.5, 0.6) is 0 Å². The number of hydrogen-bond acceptors (Lipinski definition) is 6. The fourth-order valence-electron chi connectivity index (χ4n) is 0. The second-order valence-corrected chi connectivity index (χ2v) is 1.92. The quantitative estimate of drug-likeness (QED) is 0.189. The minimum atomic E-state index is -5.17. The van der Waals surface area contributed by atoms with Crippen LogP contribution in [-0.2, 0) is 21.8 Å². The van der Waals surface area contributed by atoms with Gasteiger partial charge in [-0.3, -0.25) is 17.5 Å². The molecule has 0 fully saturated rings.